The summed E-state index contributed by atoms with van der Waals surface area (Å²) in [6.45, 7) is 0. The lowest BCUT2D eigenvalue weighted by molar-refractivity contribution is 0.633. The monoisotopic (exact) mass is 286 g/mol. The number of hydrogen-bond acceptors (Lipinski definition) is 2. The zero-order valence-electron chi connectivity index (χ0n) is 7.71. The molecule has 2 nitrogen and oxygen atoms in total. The van der Waals surface area contributed by atoms with E-state index in [9.17, 15) is 0 Å². The van der Waals surface area contributed by atoms with Gasteiger partial charge >= 0.3 is 0 Å². The van der Waals surface area contributed by atoms with Crippen molar-refractivity contribution in [3.63, 3.8) is 0 Å². The van der Waals surface area contributed by atoms with Gasteiger partial charge in [0, 0.05) is 17.8 Å². The number of hydrogen-bond donors (Lipinski definition) is 1. The number of pyridine rings is 1. The average Bonchev–Trinajstić information content (AvgIpc) is 2.95. The smallest absolute Gasteiger partial charge is 0.148 e. The van der Waals surface area contributed by atoms with Crippen LogP contribution in [0.25, 0.3) is 0 Å². The second-order valence-electron chi connectivity index (χ2n) is 3.49. The van der Waals surface area contributed by atoms with E-state index < -0.39 is 0 Å². The molecule has 84 valence electrons. The standard InChI is InChI=1S/C9H9Cl3N2.ClH/c10-5-3-14-9(12)7(11)6(5)8(13)4-1-2-4;/h3-4,8H,1-2,13H2;1H/t8-;/m1./s1. The van der Waals surface area contributed by atoms with Crippen molar-refractivity contribution in [1.82, 2.24) is 4.98 Å². The third kappa shape index (κ3) is 2.69. The summed E-state index contributed by atoms with van der Waals surface area (Å²) in [7, 11) is 0. The molecule has 2 rings (SSSR count). The minimum Gasteiger partial charge on any atom is -0.324 e. The Bertz CT molecular complexity index is 365. The van der Waals surface area contributed by atoms with Crippen LogP contribution in [-0.4, -0.2) is 4.98 Å². The van der Waals surface area contributed by atoms with E-state index in [0.717, 1.165) is 18.4 Å². The van der Waals surface area contributed by atoms with Crippen molar-refractivity contribution < 1.29 is 0 Å². The Labute approximate surface area is 110 Å². The molecule has 0 spiro atoms. The van der Waals surface area contributed by atoms with Crippen molar-refractivity contribution in [3.8, 4) is 0 Å². The van der Waals surface area contributed by atoms with Crippen LogP contribution in [0.3, 0.4) is 0 Å². The summed E-state index contributed by atoms with van der Waals surface area (Å²) in [4.78, 5) is 3.85. The zero-order chi connectivity index (χ0) is 10.3. The second kappa shape index (κ2) is 5.07. The van der Waals surface area contributed by atoms with Gasteiger partial charge in [0.1, 0.15) is 5.15 Å². The van der Waals surface area contributed by atoms with Crippen LogP contribution in [0.4, 0.5) is 0 Å². The van der Waals surface area contributed by atoms with Gasteiger partial charge < -0.3 is 5.73 Å². The van der Waals surface area contributed by atoms with Crippen molar-refractivity contribution >= 4 is 47.2 Å². The lowest BCUT2D eigenvalue weighted by atomic mass is 10.1. The van der Waals surface area contributed by atoms with Crippen LogP contribution < -0.4 is 5.73 Å². The van der Waals surface area contributed by atoms with Gasteiger partial charge in [-0.15, -0.1) is 12.4 Å². The van der Waals surface area contributed by atoms with Gasteiger partial charge in [-0.1, -0.05) is 34.8 Å². The van der Waals surface area contributed by atoms with Crippen molar-refractivity contribution in [2.45, 2.75) is 18.9 Å². The summed E-state index contributed by atoms with van der Waals surface area (Å²) >= 11 is 17.8. The normalized spacial score (nSPS) is 17.1. The summed E-state index contributed by atoms with van der Waals surface area (Å²) in [6, 6.07) is -0.115. The van der Waals surface area contributed by atoms with E-state index in [1.54, 1.807) is 0 Å². The van der Waals surface area contributed by atoms with E-state index in [4.69, 9.17) is 40.5 Å². The highest BCUT2D eigenvalue weighted by Crippen LogP contribution is 2.44. The molecule has 0 aromatic carbocycles. The number of nitrogens with two attached hydrogens (primary N) is 1. The van der Waals surface area contributed by atoms with E-state index in [1.807, 2.05) is 0 Å². The molecular weight excluding hydrogens is 278 g/mol. The van der Waals surface area contributed by atoms with Crippen molar-refractivity contribution in [2.24, 2.45) is 11.7 Å². The number of rotatable bonds is 2. The van der Waals surface area contributed by atoms with Gasteiger partial charge in [-0.2, -0.15) is 0 Å². The molecule has 0 unspecified atom stereocenters. The summed E-state index contributed by atoms with van der Waals surface area (Å²) in [5.41, 5.74) is 6.75. The Hall–Kier alpha value is 0.270. The molecule has 15 heavy (non-hydrogen) atoms. The van der Waals surface area contributed by atoms with Gasteiger partial charge in [0.15, 0.2) is 0 Å². The second-order valence-corrected chi connectivity index (χ2v) is 4.63. The minimum atomic E-state index is -0.115. The van der Waals surface area contributed by atoms with Crippen molar-refractivity contribution in [3.05, 3.63) is 27.0 Å². The highest BCUT2D eigenvalue weighted by molar-refractivity contribution is 6.43. The first-order valence-electron chi connectivity index (χ1n) is 4.36. The van der Waals surface area contributed by atoms with Crippen molar-refractivity contribution in [2.75, 3.05) is 0 Å². The van der Waals surface area contributed by atoms with Gasteiger partial charge in [-0.05, 0) is 18.8 Å². The first-order chi connectivity index (χ1) is 6.61. The van der Waals surface area contributed by atoms with E-state index in [0.29, 0.717) is 16.0 Å². The molecule has 0 amide bonds. The first kappa shape index (κ1) is 13.3. The predicted octanol–water partition coefficient (Wildman–Crippen LogP) is 3.87. The molecular formula is C9H10Cl4N2. The molecule has 0 radical (unpaired) electrons. The fraction of sp³-hybridized carbons (Fsp3) is 0.444. The quantitative estimate of drug-likeness (QED) is 0.839. The van der Waals surface area contributed by atoms with Crippen molar-refractivity contribution in [1.29, 1.82) is 0 Å². The number of halogens is 4. The third-order valence-corrected chi connectivity index (χ3v) is 3.50. The fourth-order valence-electron chi connectivity index (χ4n) is 1.45. The molecule has 1 atom stereocenters. The highest BCUT2D eigenvalue weighted by Gasteiger charge is 2.32. The largest absolute Gasteiger partial charge is 0.324 e. The lowest BCUT2D eigenvalue weighted by Crippen LogP contribution is -2.14. The lowest BCUT2D eigenvalue weighted by Gasteiger charge is -2.14. The number of aromatic nitrogens is 1. The molecule has 0 bridgehead atoms. The SMILES string of the molecule is Cl.N[C@@H](c1c(Cl)cnc(Cl)c1Cl)C1CC1. The maximum atomic E-state index is 6.02. The molecule has 1 saturated carbocycles. The molecule has 1 aliphatic rings. The van der Waals surface area contributed by atoms with Crippen LogP contribution in [0, 0.1) is 5.92 Å². The van der Waals surface area contributed by atoms with E-state index in [-0.39, 0.29) is 23.6 Å². The van der Waals surface area contributed by atoms with E-state index >= 15 is 0 Å². The van der Waals surface area contributed by atoms with Crippen LogP contribution in [0.15, 0.2) is 6.20 Å². The summed E-state index contributed by atoms with van der Waals surface area (Å²) in [6.07, 6.45) is 3.76. The minimum absolute atomic E-state index is 0. The molecule has 1 aromatic heterocycles. The average molecular weight is 288 g/mol. The van der Waals surface area contributed by atoms with Gasteiger partial charge in [0.25, 0.3) is 0 Å². The molecule has 1 aliphatic carbocycles. The van der Waals surface area contributed by atoms with Gasteiger partial charge in [0.05, 0.1) is 10.0 Å². The Kier molecular flexibility index (Phi) is 4.50. The highest BCUT2D eigenvalue weighted by atomic mass is 35.5. The van der Waals surface area contributed by atoms with Gasteiger partial charge in [-0.25, -0.2) is 4.98 Å². The molecule has 2 N–H and O–H groups in total. The maximum Gasteiger partial charge on any atom is 0.148 e. The summed E-state index contributed by atoms with van der Waals surface area (Å²) in [5, 5.41) is 1.15. The van der Waals surface area contributed by atoms with Crippen LogP contribution in [-0.2, 0) is 0 Å². The van der Waals surface area contributed by atoms with Gasteiger partial charge in [-0.3, -0.25) is 0 Å². The zero-order valence-corrected chi connectivity index (χ0v) is 10.8. The Balaban J connectivity index is 0.00000112. The molecule has 1 fully saturated rings. The molecule has 1 aromatic rings. The maximum absolute atomic E-state index is 6.02. The Morgan fingerprint density at radius 2 is 1.93 bits per heavy atom. The van der Waals surface area contributed by atoms with Crippen LogP contribution in [0.5, 0.6) is 0 Å². The summed E-state index contributed by atoms with van der Waals surface area (Å²) < 4.78 is 0. The number of nitrogens with zero attached hydrogens (tertiary/aromatic N) is 1. The van der Waals surface area contributed by atoms with Crippen LogP contribution in [0.1, 0.15) is 24.4 Å². The van der Waals surface area contributed by atoms with Gasteiger partial charge in [0.2, 0.25) is 0 Å². The first-order valence-corrected chi connectivity index (χ1v) is 5.49. The van der Waals surface area contributed by atoms with E-state index in [2.05, 4.69) is 4.98 Å². The molecule has 6 heteroatoms. The third-order valence-electron chi connectivity index (χ3n) is 2.43. The molecule has 1 heterocycles. The fourth-order valence-corrected chi connectivity index (χ4v) is 2.20. The molecule has 0 saturated heterocycles. The predicted molar refractivity (Wildman–Crippen MR) is 66.2 cm³/mol. The summed E-state index contributed by atoms with van der Waals surface area (Å²) in [5.74, 6) is 0.489. The molecule has 0 aliphatic heterocycles. The Morgan fingerprint density at radius 3 is 2.47 bits per heavy atom. The van der Waals surface area contributed by atoms with Crippen LogP contribution >= 0.6 is 47.2 Å². The Morgan fingerprint density at radius 1 is 1.33 bits per heavy atom. The topological polar surface area (TPSA) is 38.9 Å². The van der Waals surface area contributed by atoms with Crippen LogP contribution in [0.2, 0.25) is 15.2 Å². The van der Waals surface area contributed by atoms with E-state index in [1.165, 1.54) is 6.20 Å².